The maximum absolute atomic E-state index is 11.9. The van der Waals surface area contributed by atoms with Crippen molar-refractivity contribution in [2.24, 2.45) is 0 Å². The molecule has 0 radical (unpaired) electrons. The quantitative estimate of drug-likeness (QED) is 0.624. The van der Waals surface area contributed by atoms with Gasteiger partial charge in [-0.15, -0.1) is 0 Å². The molecule has 0 unspecified atom stereocenters. The minimum absolute atomic E-state index is 0.0372. The van der Waals surface area contributed by atoms with E-state index in [1.807, 2.05) is 13.0 Å². The minimum atomic E-state index is -0.611. The first-order chi connectivity index (χ1) is 9.22. The Kier molecular flexibility index (Phi) is 4.30. The van der Waals surface area contributed by atoms with E-state index in [1.54, 1.807) is 24.3 Å². The lowest BCUT2D eigenvalue weighted by Gasteiger charge is -2.05. The number of fused-ring (bicyclic) bond motifs is 1. The average molecular weight is 260 g/mol. The summed E-state index contributed by atoms with van der Waals surface area (Å²) in [6.07, 6.45) is 0. The molecular formula is C14H16N2O3. The highest BCUT2D eigenvalue weighted by atomic mass is 16.4. The van der Waals surface area contributed by atoms with Gasteiger partial charge in [-0.1, -0.05) is 25.1 Å². The van der Waals surface area contributed by atoms with E-state index in [2.05, 4.69) is 10.6 Å². The summed E-state index contributed by atoms with van der Waals surface area (Å²) >= 11 is 0. The molecule has 2 aromatic rings. The summed E-state index contributed by atoms with van der Waals surface area (Å²) < 4.78 is 5.11. The molecule has 1 aromatic carbocycles. The summed E-state index contributed by atoms with van der Waals surface area (Å²) in [6.45, 7) is 3.97. The van der Waals surface area contributed by atoms with Gasteiger partial charge in [-0.05, 0) is 18.7 Å². The molecule has 5 heteroatoms. The zero-order valence-electron chi connectivity index (χ0n) is 10.7. The van der Waals surface area contributed by atoms with Crippen LogP contribution >= 0.6 is 0 Å². The number of benzene rings is 1. The Morgan fingerprint density at radius 1 is 1.26 bits per heavy atom. The Balaban J connectivity index is 2.17. The van der Waals surface area contributed by atoms with Crippen LogP contribution in [0.5, 0.6) is 0 Å². The van der Waals surface area contributed by atoms with Crippen molar-refractivity contribution in [1.29, 1.82) is 0 Å². The highest BCUT2D eigenvalue weighted by Gasteiger charge is 2.12. The average Bonchev–Trinajstić information content (AvgIpc) is 2.42. The molecule has 0 fully saturated rings. The van der Waals surface area contributed by atoms with Crippen molar-refractivity contribution in [1.82, 2.24) is 10.6 Å². The third kappa shape index (κ3) is 3.20. The van der Waals surface area contributed by atoms with Crippen LogP contribution in [0.1, 0.15) is 17.3 Å². The first kappa shape index (κ1) is 13.3. The van der Waals surface area contributed by atoms with Gasteiger partial charge in [-0.2, -0.15) is 0 Å². The van der Waals surface area contributed by atoms with E-state index >= 15 is 0 Å². The highest BCUT2D eigenvalue weighted by Crippen LogP contribution is 2.12. The summed E-state index contributed by atoms with van der Waals surface area (Å²) in [5, 5.41) is 6.50. The van der Waals surface area contributed by atoms with E-state index in [1.165, 1.54) is 0 Å². The normalized spacial score (nSPS) is 10.6. The number of nitrogens with one attached hydrogen (secondary N) is 2. The Morgan fingerprint density at radius 3 is 2.84 bits per heavy atom. The maximum Gasteiger partial charge on any atom is 0.349 e. The Labute approximate surface area is 110 Å². The minimum Gasteiger partial charge on any atom is -0.422 e. The first-order valence-corrected chi connectivity index (χ1v) is 6.24. The fraction of sp³-hybridized carbons (Fsp3) is 0.286. The van der Waals surface area contributed by atoms with Gasteiger partial charge in [0.05, 0.1) is 0 Å². The van der Waals surface area contributed by atoms with Crippen LogP contribution in [-0.4, -0.2) is 25.5 Å². The lowest BCUT2D eigenvalue weighted by Crippen LogP contribution is -2.34. The van der Waals surface area contributed by atoms with Crippen molar-refractivity contribution in [2.75, 3.05) is 19.6 Å². The van der Waals surface area contributed by atoms with Crippen LogP contribution in [0.4, 0.5) is 0 Å². The van der Waals surface area contributed by atoms with E-state index in [0.717, 1.165) is 11.9 Å². The van der Waals surface area contributed by atoms with Gasteiger partial charge in [0.15, 0.2) is 0 Å². The van der Waals surface area contributed by atoms with Crippen LogP contribution < -0.4 is 16.3 Å². The number of carbonyl (C=O) groups excluding carboxylic acids is 1. The van der Waals surface area contributed by atoms with Crippen molar-refractivity contribution < 1.29 is 9.21 Å². The van der Waals surface area contributed by atoms with Crippen LogP contribution in [0, 0.1) is 0 Å². The van der Waals surface area contributed by atoms with Crippen LogP contribution in [0.25, 0.3) is 11.0 Å². The molecule has 100 valence electrons. The number of hydrogen-bond donors (Lipinski definition) is 2. The van der Waals surface area contributed by atoms with Gasteiger partial charge in [0.1, 0.15) is 11.1 Å². The van der Waals surface area contributed by atoms with E-state index in [-0.39, 0.29) is 5.56 Å². The molecule has 0 saturated heterocycles. The topological polar surface area (TPSA) is 71.3 Å². The largest absolute Gasteiger partial charge is 0.422 e. The molecule has 0 bridgehead atoms. The lowest BCUT2D eigenvalue weighted by atomic mass is 10.2. The molecule has 0 aliphatic carbocycles. The Hall–Kier alpha value is -2.14. The second kappa shape index (κ2) is 6.15. The van der Waals surface area contributed by atoms with Crippen LogP contribution in [0.15, 0.2) is 39.5 Å². The number of para-hydroxylation sites is 1. The number of hydrogen-bond acceptors (Lipinski definition) is 4. The van der Waals surface area contributed by atoms with E-state index in [0.29, 0.717) is 18.7 Å². The fourth-order valence-electron chi connectivity index (χ4n) is 1.76. The SMILES string of the molecule is CCNCCNC(=O)c1cc2ccccc2oc1=O. The molecule has 0 atom stereocenters. The van der Waals surface area contributed by atoms with E-state index in [9.17, 15) is 9.59 Å². The van der Waals surface area contributed by atoms with Gasteiger partial charge < -0.3 is 15.1 Å². The molecule has 2 N–H and O–H groups in total. The third-order valence-corrected chi connectivity index (χ3v) is 2.72. The van der Waals surface area contributed by atoms with Crippen molar-refractivity contribution in [3.8, 4) is 0 Å². The monoisotopic (exact) mass is 260 g/mol. The standard InChI is InChI=1S/C14H16N2O3/c1-2-15-7-8-16-13(17)11-9-10-5-3-4-6-12(10)19-14(11)18/h3-6,9,15H,2,7-8H2,1H3,(H,16,17). The number of likely N-dealkylation sites (N-methyl/N-ethyl adjacent to an activating group) is 1. The van der Waals surface area contributed by atoms with E-state index < -0.39 is 11.5 Å². The number of rotatable bonds is 5. The molecule has 0 aliphatic heterocycles. The second-order valence-electron chi connectivity index (χ2n) is 4.09. The molecule has 0 spiro atoms. The predicted octanol–water partition coefficient (Wildman–Crippen LogP) is 1.13. The van der Waals surface area contributed by atoms with Gasteiger partial charge in [0.2, 0.25) is 0 Å². The van der Waals surface area contributed by atoms with Crippen LogP contribution in [0.3, 0.4) is 0 Å². The van der Waals surface area contributed by atoms with Crippen LogP contribution in [0.2, 0.25) is 0 Å². The molecule has 1 aromatic heterocycles. The van der Waals surface area contributed by atoms with Crippen molar-refractivity contribution in [3.05, 3.63) is 46.3 Å². The van der Waals surface area contributed by atoms with E-state index in [4.69, 9.17) is 4.42 Å². The smallest absolute Gasteiger partial charge is 0.349 e. The van der Waals surface area contributed by atoms with Crippen molar-refractivity contribution >= 4 is 16.9 Å². The highest BCUT2D eigenvalue weighted by molar-refractivity contribution is 5.96. The third-order valence-electron chi connectivity index (χ3n) is 2.72. The molecule has 2 rings (SSSR count). The van der Waals surface area contributed by atoms with Gasteiger partial charge in [-0.25, -0.2) is 4.79 Å². The summed E-state index contributed by atoms with van der Waals surface area (Å²) in [6, 6.07) is 8.66. The van der Waals surface area contributed by atoms with Gasteiger partial charge >= 0.3 is 5.63 Å². The second-order valence-corrected chi connectivity index (χ2v) is 4.09. The number of amides is 1. The summed E-state index contributed by atoms with van der Waals surface area (Å²) in [5.74, 6) is -0.405. The Bertz CT molecular complexity index is 634. The summed E-state index contributed by atoms with van der Waals surface area (Å²) in [7, 11) is 0. The fourth-order valence-corrected chi connectivity index (χ4v) is 1.76. The summed E-state index contributed by atoms with van der Waals surface area (Å²) in [4.78, 5) is 23.6. The first-order valence-electron chi connectivity index (χ1n) is 6.24. The molecule has 1 heterocycles. The molecule has 5 nitrogen and oxygen atoms in total. The van der Waals surface area contributed by atoms with Gasteiger partial charge in [-0.3, -0.25) is 4.79 Å². The number of carbonyl (C=O) groups is 1. The maximum atomic E-state index is 11.9. The van der Waals surface area contributed by atoms with Crippen LogP contribution in [-0.2, 0) is 0 Å². The van der Waals surface area contributed by atoms with Gasteiger partial charge in [0, 0.05) is 18.5 Å². The molecule has 0 saturated carbocycles. The molecular weight excluding hydrogens is 244 g/mol. The van der Waals surface area contributed by atoms with Crippen molar-refractivity contribution in [2.45, 2.75) is 6.92 Å². The molecule has 1 amide bonds. The predicted molar refractivity (Wildman–Crippen MR) is 73.4 cm³/mol. The van der Waals surface area contributed by atoms with Gasteiger partial charge in [0.25, 0.3) is 5.91 Å². The summed E-state index contributed by atoms with van der Waals surface area (Å²) in [5.41, 5.74) is -0.0912. The Morgan fingerprint density at radius 2 is 2.05 bits per heavy atom. The zero-order chi connectivity index (χ0) is 13.7. The molecule has 0 aliphatic rings. The molecule has 19 heavy (non-hydrogen) atoms. The zero-order valence-corrected chi connectivity index (χ0v) is 10.7. The lowest BCUT2D eigenvalue weighted by molar-refractivity contribution is 0.0950. The van der Waals surface area contributed by atoms with Crippen molar-refractivity contribution in [3.63, 3.8) is 0 Å².